The Balaban J connectivity index is 1.09. The highest BCUT2D eigenvalue weighted by molar-refractivity contribution is 6.16. The lowest BCUT2D eigenvalue weighted by molar-refractivity contribution is 0.661. The van der Waals surface area contributed by atoms with Crippen molar-refractivity contribution < 1.29 is 0 Å². The van der Waals surface area contributed by atoms with Crippen LogP contribution in [0.3, 0.4) is 0 Å². The average molecular weight is 812 g/mol. The smallest absolute Gasteiger partial charge is 0.0588 e. The first-order valence-electron chi connectivity index (χ1n) is 23.0. The molecule has 0 N–H and O–H groups in total. The molecule has 2 aliphatic carbocycles. The maximum absolute atomic E-state index is 2.64. The monoisotopic (exact) mass is 811 g/mol. The molecule has 1 aromatic heterocycles. The number of para-hydroxylation sites is 1. The summed E-state index contributed by atoms with van der Waals surface area (Å²) >= 11 is 0. The minimum atomic E-state index is -0.229. The van der Waals surface area contributed by atoms with Crippen molar-refractivity contribution in [2.24, 2.45) is 0 Å². The summed E-state index contributed by atoms with van der Waals surface area (Å²) in [6.07, 6.45) is 0. The lowest BCUT2D eigenvalue weighted by atomic mass is 9.80. The molecule has 0 fully saturated rings. The minimum Gasteiger partial charge on any atom is -0.309 e. The molecule has 0 spiro atoms. The van der Waals surface area contributed by atoms with E-state index >= 15 is 0 Å². The van der Waals surface area contributed by atoms with Crippen molar-refractivity contribution >= 4 is 43.4 Å². The zero-order valence-electron chi connectivity index (χ0n) is 37.7. The zero-order chi connectivity index (χ0) is 43.1. The van der Waals surface area contributed by atoms with Crippen molar-refractivity contribution in [3.63, 3.8) is 0 Å². The van der Waals surface area contributed by atoms with Gasteiger partial charge in [0, 0.05) is 27.3 Å². The normalized spacial score (nSPS) is 14.6. The van der Waals surface area contributed by atoms with Crippen molar-refractivity contribution in [3.8, 4) is 50.2 Å². The Bertz CT molecular complexity index is 3340. The van der Waals surface area contributed by atoms with Crippen molar-refractivity contribution in [3.05, 3.63) is 197 Å². The highest BCUT2D eigenvalue weighted by Gasteiger charge is 2.42. The number of hydrogen-bond donors (Lipinski definition) is 0. The molecule has 0 saturated heterocycles. The molecule has 306 valence electrons. The topological polar surface area (TPSA) is 4.93 Å². The number of nitrogens with zero attached hydrogens (tertiary/aromatic N) is 1. The van der Waals surface area contributed by atoms with Crippen molar-refractivity contribution in [2.45, 2.75) is 78.1 Å². The molecule has 0 saturated carbocycles. The standard InChI is InChI=1S/C62H53N/c1-36(2)45-18-12-14-20-47(45)40-24-22-38-34-55-53(32-42(38)30-40)49-26-28-51-52-29-27-50-54-33-43-31-41(48-21-15-13-19-46(48)37(3)4)25-23-39(43)35-56(54)62(7,8)58(50)60(52)63(44-16-10-9-11-17-44)59(51)57(49)61(55,5)6/h9-37H,1-8H3. The van der Waals surface area contributed by atoms with Crippen LogP contribution >= 0.6 is 0 Å². The largest absolute Gasteiger partial charge is 0.309 e. The Morgan fingerprint density at radius 3 is 1.24 bits per heavy atom. The van der Waals surface area contributed by atoms with E-state index in [0.29, 0.717) is 11.8 Å². The number of rotatable bonds is 5. The van der Waals surface area contributed by atoms with Gasteiger partial charge in [0.05, 0.1) is 11.0 Å². The van der Waals surface area contributed by atoms with E-state index < -0.39 is 0 Å². The van der Waals surface area contributed by atoms with E-state index in [4.69, 9.17) is 0 Å². The zero-order valence-corrected chi connectivity index (χ0v) is 37.7. The van der Waals surface area contributed by atoms with Gasteiger partial charge in [-0.05, 0) is 160 Å². The second kappa shape index (κ2) is 13.4. The van der Waals surface area contributed by atoms with Crippen LogP contribution in [-0.2, 0) is 10.8 Å². The van der Waals surface area contributed by atoms with E-state index in [1.165, 1.54) is 127 Å². The molecule has 1 heteroatoms. The van der Waals surface area contributed by atoms with Gasteiger partial charge < -0.3 is 4.57 Å². The van der Waals surface area contributed by atoms with Crippen LogP contribution in [0, 0.1) is 0 Å². The SMILES string of the molecule is CC(C)c1ccccc1-c1ccc2cc3c(cc2c1)-c1ccc2c4ccc5c(c4n(-c4ccccc4)c2c1C3(C)C)C(C)(C)c1cc2ccc(-c3ccccc3C(C)C)cc2cc1-5. The molecule has 1 heterocycles. The van der Waals surface area contributed by atoms with Crippen molar-refractivity contribution in [1.29, 1.82) is 0 Å². The van der Waals surface area contributed by atoms with E-state index in [1.807, 2.05) is 0 Å². The third-order valence-corrected chi connectivity index (χ3v) is 15.0. The quantitative estimate of drug-likeness (QED) is 0.163. The molecule has 0 radical (unpaired) electrons. The van der Waals surface area contributed by atoms with Crippen LogP contribution in [0.25, 0.3) is 93.5 Å². The first kappa shape index (κ1) is 38.0. The average Bonchev–Trinajstić information content (AvgIpc) is 3.83. The Morgan fingerprint density at radius 2 is 0.794 bits per heavy atom. The van der Waals surface area contributed by atoms with Crippen molar-refractivity contribution in [2.75, 3.05) is 0 Å². The summed E-state index contributed by atoms with van der Waals surface area (Å²) in [5, 5.41) is 7.80. The first-order chi connectivity index (χ1) is 30.4. The van der Waals surface area contributed by atoms with Crippen molar-refractivity contribution in [1.82, 2.24) is 4.57 Å². The fourth-order valence-electron chi connectivity index (χ4n) is 11.9. The first-order valence-corrected chi connectivity index (χ1v) is 23.0. The van der Waals surface area contributed by atoms with Gasteiger partial charge >= 0.3 is 0 Å². The van der Waals surface area contributed by atoms with Gasteiger partial charge in [0.25, 0.3) is 0 Å². The summed E-state index contributed by atoms with van der Waals surface area (Å²) in [7, 11) is 0. The molecule has 1 nitrogen and oxygen atoms in total. The fourth-order valence-corrected chi connectivity index (χ4v) is 11.9. The Labute approximate surface area is 371 Å². The predicted octanol–water partition coefficient (Wildman–Crippen LogP) is 17.3. The summed E-state index contributed by atoms with van der Waals surface area (Å²) in [5.74, 6) is 0.908. The lowest BCUT2D eigenvalue weighted by Crippen LogP contribution is -2.18. The minimum absolute atomic E-state index is 0.229. The van der Waals surface area contributed by atoms with Gasteiger partial charge in [-0.15, -0.1) is 0 Å². The summed E-state index contributed by atoms with van der Waals surface area (Å²) in [6.45, 7) is 19.0. The molecule has 0 unspecified atom stereocenters. The number of hydrogen-bond acceptors (Lipinski definition) is 0. The Hall–Kier alpha value is -6.70. The molecule has 0 bridgehead atoms. The predicted molar refractivity (Wildman–Crippen MR) is 270 cm³/mol. The van der Waals surface area contributed by atoms with E-state index in [2.05, 4.69) is 224 Å². The van der Waals surface area contributed by atoms with E-state index in [-0.39, 0.29) is 10.8 Å². The third kappa shape index (κ3) is 5.35. The van der Waals surface area contributed by atoms with Gasteiger partial charge in [-0.1, -0.05) is 171 Å². The molecule has 0 atom stereocenters. The molecule has 12 rings (SSSR count). The second-order valence-electron chi connectivity index (χ2n) is 20.1. The van der Waals surface area contributed by atoms with Gasteiger partial charge in [-0.2, -0.15) is 0 Å². The molecule has 0 aliphatic heterocycles. The third-order valence-electron chi connectivity index (χ3n) is 15.0. The summed E-state index contributed by atoms with van der Waals surface area (Å²) in [4.78, 5) is 0. The van der Waals surface area contributed by atoms with Gasteiger partial charge in [0.1, 0.15) is 0 Å². The Morgan fingerprint density at radius 1 is 0.365 bits per heavy atom. The highest BCUT2D eigenvalue weighted by atomic mass is 15.0. The fraction of sp³-hybridized carbons (Fsp3) is 0.194. The lowest BCUT2D eigenvalue weighted by Gasteiger charge is -2.25. The number of fused-ring (bicyclic) bond motifs is 13. The maximum Gasteiger partial charge on any atom is 0.0588 e. The second-order valence-corrected chi connectivity index (χ2v) is 20.1. The molecular formula is C62H53N. The van der Waals surface area contributed by atoms with Gasteiger partial charge in [0.15, 0.2) is 0 Å². The summed E-state index contributed by atoms with van der Waals surface area (Å²) in [5.41, 5.74) is 22.4. The Kier molecular flexibility index (Phi) is 8.09. The van der Waals surface area contributed by atoms with Crippen LogP contribution in [0.15, 0.2) is 164 Å². The summed E-state index contributed by atoms with van der Waals surface area (Å²) < 4.78 is 2.64. The van der Waals surface area contributed by atoms with Gasteiger partial charge in [-0.3, -0.25) is 0 Å². The summed E-state index contributed by atoms with van der Waals surface area (Å²) in [6, 6.07) is 62.8. The van der Waals surface area contributed by atoms with E-state index in [1.54, 1.807) is 0 Å². The van der Waals surface area contributed by atoms with E-state index in [0.717, 1.165) is 0 Å². The van der Waals surface area contributed by atoms with Crippen LogP contribution in [0.5, 0.6) is 0 Å². The van der Waals surface area contributed by atoms with Crippen LogP contribution in [0.2, 0.25) is 0 Å². The van der Waals surface area contributed by atoms with Crippen LogP contribution in [0.4, 0.5) is 0 Å². The van der Waals surface area contributed by atoms with E-state index in [9.17, 15) is 0 Å². The molecular weight excluding hydrogens is 759 g/mol. The molecule has 9 aromatic carbocycles. The maximum atomic E-state index is 2.64. The number of aromatic nitrogens is 1. The molecule has 2 aliphatic rings. The van der Waals surface area contributed by atoms with Crippen LogP contribution in [-0.4, -0.2) is 4.57 Å². The van der Waals surface area contributed by atoms with Crippen LogP contribution in [0.1, 0.15) is 101 Å². The molecule has 0 amide bonds. The van der Waals surface area contributed by atoms with Gasteiger partial charge in [0.2, 0.25) is 0 Å². The number of benzene rings is 9. The van der Waals surface area contributed by atoms with Gasteiger partial charge in [-0.25, -0.2) is 0 Å². The van der Waals surface area contributed by atoms with Crippen LogP contribution < -0.4 is 0 Å². The molecule has 10 aromatic rings. The highest BCUT2D eigenvalue weighted by Crippen LogP contribution is 2.58. The molecule has 63 heavy (non-hydrogen) atoms.